The molecule has 0 saturated carbocycles. The number of halogens is 3. The molecular formula is C22H21F3N4S. The summed E-state index contributed by atoms with van der Waals surface area (Å²) in [6, 6.07) is 8.43. The summed E-state index contributed by atoms with van der Waals surface area (Å²) in [5, 5.41) is 4.16. The minimum absolute atomic E-state index is 0.0799. The molecule has 0 atom stereocenters. The lowest BCUT2D eigenvalue weighted by atomic mass is 10.0. The van der Waals surface area contributed by atoms with Gasteiger partial charge in [-0.25, -0.2) is 0 Å². The Morgan fingerprint density at radius 1 is 1.23 bits per heavy atom. The minimum atomic E-state index is -4.51. The van der Waals surface area contributed by atoms with Gasteiger partial charge in [-0.3, -0.25) is 8.96 Å². The number of rotatable bonds is 5. The van der Waals surface area contributed by atoms with Crippen LogP contribution in [-0.2, 0) is 12.7 Å². The number of fused-ring (bicyclic) bond motifs is 1. The van der Waals surface area contributed by atoms with Crippen LogP contribution in [0.25, 0.3) is 22.0 Å². The van der Waals surface area contributed by atoms with Crippen molar-refractivity contribution in [3.05, 3.63) is 77.2 Å². The van der Waals surface area contributed by atoms with E-state index in [4.69, 9.17) is 0 Å². The first-order chi connectivity index (χ1) is 14.4. The molecule has 0 bridgehead atoms. The monoisotopic (exact) mass is 430 g/mol. The molecule has 30 heavy (non-hydrogen) atoms. The molecule has 1 aliphatic rings. The number of likely N-dealkylation sites (N-methyl/N-ethyl adjacent to an activating group) is 1. The van der Waals surface area contributed by atoms with E-state index in [1.54, 1.807) is 18.0 Å². The maximum atomic E-state index is 13.5. The van der Waals surface area contributed by atoms with Crippen molar-refractivity contribution in [3.63, 3.8) is 0 Å². The van der Waals surface area contributed by atoms with Crippen molar-refractivity contribution in [2.45, 2.75) is 12.7 Å². The summed E-state index contributed by atoms with van der Waals surface area (Å²) < 4.78 is 42.5. The molecule has 8 heteroatoms. The highest BCUT2D eigenvalue weighted by atomic mass is 32.2. The van der Waals surface area contributed by atoms with E-state index in [1.165, 1.54) is 18.3 Å². The van der Waals surface area contributed by atoms with Crippen molar-refractivity contribution < 1.29 is 13.2 Å². The molecule has 0 spiro atoms. The van der Waals surface area contributed by atoms with Gasteiger partial charge in [0.1, 0.15) is 0 Å². The predicted octanol–water partition coefficient (Wildman–Crippen LogP) is 5.28. The number of hydrogen-bond donors (Lipinski definition) is 1. The van der Waals surface area contributed by atoms with Crippen LogP contribution in [0, 0.1) is 0 Å². The molecule has 0 radical (unpaired) electrons. The number of hydrogen-bond acceptors (Lipinski definition) is 4. The molecule has 1 aliphatic heterocycles. The smallest absolute Gasteiger partial charge is 0.376 e. The Morgan fingerprint density at radius 3 is 2.80 bits per heavy atom. The zero-order chi connectivity index (χ0) is 21.3. The second-order valence-corrected chi connectivity index (χ2v) is 8.15. The van der Waals surface area contributed by atoms with Crippen LogP contribution in [0.5, 0.6) is 0 Å². The van der Waals surface area contributed by atoms with Gasteiger partial charge in [-0.15, -0.1) is 0 Å². The summed E-state index contributed by atoms with van der Waals surface area (Å²) in [5.74, 6) is 0. The van der Waals surface area contributed by atoms with E-state index in [-0.39, 0.29) is 5.56 Å². The van der Waals surface area contributed by atoms with Crippen molar-refractivity contribution in [2.75, 3.05) is 20.6 Å². The number of aromatic nitrogens is 2. The highest BCUT2D eigenvalue weighted by Crippen LogP contribution is 2.38. The van der Waals surface area contributed by atoms with E-state index in [0.717, 1.165) is 27.9 Å². The number of benzene rings is 1. The normalized spacial score (nSPS) is 14.4. The van der Waals surface area contributed by atoms with E-state index in [9.17, 15) is 13.2 Å². The molecule has 156 valence electrons. The van der Waals surface area contributed by atoms with Gasteiger partial charge in [-0.05, 0) is 48.3 Å². The van der Waals surface area contributed by atoms with E-state index in [1.807, 2.05) is 36.4 Å². The number of alkyl halides is 3. The van der Waals surface area contributed by atoms with Crippen molar-refractivity contribution in [2.24, 2.45) is 0 Å². The second-order valence-electron chi connectivity index (χ2n) is 7.10. The largest absolute Gasteiger partial charge is 0.433 e. The van der Waals surface area contributed by atoms with E-state index < -0.39 is 11.9 Å². The van der Waals surface area contributed by atoms with Crippen LogP contribution in [0.3, 0.4) is 0 Å². The molecule has 3 aromatic rings. The summed E-state index contributed by atoms with van der Waals surface area (Å²) in [6.07, 6.45) is 4.89. The fourth-order valence-corrected chi connectivity index (χ4v) is 4.56. The van der Waals surface area contributed by atoms with Crippen molar-refractivity contribution in [3.8, 4) is 11.1 Å². The van der Waals surface area contributed by atoms with Gasteiger partial charge in [0, 0.05) is 54.6 Å². The third kappa shape index (κ3) is 4.11. The Hall–Kier alpha value is -2.71. The van der Waals surface area contributed by atoms with Gasteiger partial charge >= 0.3 is 6.18 Å². The molecule has 2 aromatic heterocycles. The summed E-state index contributed by atoms with van der Waals surface area (Å²) in [4.78, 5) is 6.73. The summed E-state index contributed by atoms with van der Waals surface area (Å²) in [6.45, 7) is 1.52. The van der Waals surface area contributed by atoms with Crippen LogP contribution in [0.2, 0.25) is 0 Å². The third-order valence-corrected chi connectivity index (χ3v) is 5.79. The van der Waals surface area contributed by atoms with Crippen molar-refractivity contribution in [1.29, 1.82) is 0 Å². The molecule has 0 amide bonds. The summed E-state index contributed by atoms with van der Waals surface area (Å²) in [7, 11) is 3.88. The molecule has 4 rings (SSSR count). The van der Waals surface area contributed by atoms with Gasteiger partial charge in [-0.1, -0.05) is 24.3 Å². The van der Waals surface area contributed by atoms with Crippen LogP contribution in [-0.4, -0.2) is 34.5 Å². The molecular weight excluding hydrogens is 409 g/mol. The Labute approximate surface area is 177 Å². The summed E-state index contributed by atoms with van der Waals surface area (Å²) in [5.41, 5.74) is 1.65. The highest BCUT2D eigenvalue weighted by molar-refractivity contribution is 8.02. The first-order valence-corrected chi connectivity index (χ1v) is 10.2. The lowest BCUT2D eigenvalue weighted by molar-refractivity contribution is -0.140. The Morgan fingerprint density at radius 2 is 2.07 bits per heavy atom. The molecule has 1 aromatic carbocycles. The quantitative estimate of drug-likeness (QED) is 0.597. The molecule has 3 heterocycles. The molecule has 4 nitrogen and oxygen atoms in total. The van der Waals surface area contributed by atoms with Gasteiger partial charge in [0.2, 0.25) is 0 Å². The fraction of sp³-hybridized carbons (Fsp3) is 0.227. The second kappa shape index (κ2) is 8.20. The molecule has 0 aliphatic carbocycles. The maximum Gasteiger partial charge on any atom is 0.433 e. The molecule has 0 saturated heterocycles. The number of allylic oxidation sites excluding steroid dienone is 1. The topological polar surface area (TPSA) is 33.1 Å². The van der Waals surface area contributed by atoms with Crippen LogP contribution < -0.4 is 5.32 Å². The number of pyridine rings is 1. The predicted molar refractivity (Wildman–Crippen MR) is 116 cm³/mol. The van der Waals surface area contributed by atoms with Crippen molar-refractivity contribution in [1.82, 2.24) is 19.2 Å². The fourth-order valence-electron chi connectivity index (χ4n) is 3.52. The SMILES string of the molecule is CNCc1cn(SC2=CN(C)CC=C2)c2cc(-c3cccnc3C(F)(F)F)ccc12. The lowest BCUT2D eigenvalue weighted by Crippen LogP contribution is -2.13. The average Bonchev–Trinajstić information content (AvgIpc) is 3.04. The first-order valence-electron chi connectivity index (χ1n) is 9.45. The van der Waals surface area contributed by atoms with Crippen LogP contribution >= 0.6 is 11.9 Å². The average molecular weight is 430 g/mol. The van der Waals surface area contributed by atoms with Crippen LogP contribution in [0.1, 0.15) is 11.3 Å². The number of nitrogens with one attached hydrogen (secondary N) is 1. The molecule has 0 unspecified atom stereocenters. The zero-order valence-electron chi connectivity index (χ0n) is 16.6. The lowest BCUT2D eigenvalue weighted by Gasteiger charge is -2.17. The van der Waals surface area contributed by atoms with E-state index in [0.29, 0.717) is 12.1 Å². The van der Waals surface area contributed by atoms with E-state index in [2.05, 4.69) is 33.6 Å². The minimum Gasteiger partial charge on any atom is -0.376 e. The Bertz CT molecular complexity index is 1130. The van der Waals surface area contributed by atoms with Crippen LogP contribution in [0.15, 0.2) is 66.0 Å². The van der Waals surface area contributed by atoms with Crippen molar-refractivity contribution >= 4 is 22.9 Å². The molecule has 0 fully saturated rings. The van der Waals surface area contributed by atoms with E-state index >= 15 is 0 Å². The van der Waals surface area contributed by atoms with Gasteiger partial charge in [0.25, 0.3) is 0 Å². The maximum absolute atomic E-state index is 13.5. The first kappa shape index (κ1) is 20.6. The van der Waals surface area contributed by atoms with Crippen LogP contribution in [0.4, 0.5) is 13.2 Å². The van der Waals surface area contributed by atoms with Gasteiger partial charge in [0.15, 0.2) is 5.69 Å². The third-order valence-electron chi connectivity index (χ3n) is 4.84. The summed E-state index contributed by atoms with van der Waals surface area (Å²) >= 11 is 1.54. The Balaban J connectivity index is 1.83. The highest BCUT2D eigenvalue weighted by Gasteiger charge is 2.35. The van der Waals surface area contributed by atoms with Gasteiger partial charge in [0.05, 0.1) is 5.52 Å². The Kier molecular flexibility index (Phi) is 5.62. The van der Waals surface area contributed by atoms with Gasteiger partial charge in [-0.2, -0.15) is 13.2 Å². The molecule has 1 N–H and O–H groups in total. The van der Waals surface area contributed by atoms with Gasteiger partial charge < -0.3 is 10.2 Å². The number of nitrogens with zero attached hydrogens (tertiary/aromatic N) is 3. The zero-order valence-corrected chi connectivity index (χ0v) is 17.4. The standard InChI is InChI=1S/C22H21F3N4S/c1-26-12-16-13-29(30-17-5-4-10-28(2)14-17)20-11-15(7-8-18(16)20)19-6-3-9-27-21(19)22(23,24)25/h3-9,11,13-14,26H,10,12H2,1-2H3.